The van der Waals surface area contributed by atoms with E-state index in [1.54, 1.807) is 6.08 Å². The predicted molar refractivity (Wildman–Crippen MR) is 126 cm³/mol. The minimum absolute atomic E-state index is 0.0478. The summed E-state index contributed by atoms with van der Waals surface area (Å²) >= 11 is 1.45. The Hall–Kier alpha value is -3.31. The van der Waals surface area contributed by atoms with Crippen LogP contribution in [0.4, 0.5) is 11.4 Å². The number of hydrogen-bond donors (Lipinski definition) is 2. The van der Waals surface area contributed by atoms with Crippen molar-refractivity contribution in [3.8, 4) is 0 Å². The molecule has 5 heteroatoms. The summed E-state index contributed by atoms with van der Waals surface area (Å²) in [5, 5.41) is 5.77. The van der Waals surface area contributed by atoms with Crippen LogP contribution in [-0.2, 0) is 9.59 Å². The number of benzene rings is 3. The Morgan fingerprint density at radius 2 is 1.50 bits per heavy atom. The monoisotopic (exact) mass is 416 g/mol. The predicted octanol–water partition coefficient (Wildman–Crippen LogP) is 5.69. The molecule has 0 fully saturated rings. The third-order valence-corrected chi connectivity index (χ3v) is 5.24. The zero-order valence-electron chi connectivity index (χ0n) is 17.0. The second-order valence-electron chi connectivity index (χ2n) is 6.97. The van der Waals surface area contributed by atoms with E-state index in [0.29, 0.717) is 11.4 Å². The Kier molecular flexibility index (Phi) is 7.46. The van der Waals surface area contributed by atoms with Gasteiger partial charge in [0, 0.05) is 22.3 Å². The van der Waals surface area contributed by atoms with Gasteiger partial charge in [-0.05, 0) is 73.0 Å². The number of aryl methyl sites for hydroxylation is 2. The highest BCUT2D eigenvalue weighted by atomic mass is 32.2. The minimum Gasteiger partial charge on any atom is -0.325 e. The first-order valence-electron chi connectivity index (χ1n) is 9.63. The summed E-state index contributed by atoms with van der Waals surface area (Å²) in [6, 6.07) is 23.1. The molecule has 3 aromatic carbocycles. The molecule has 0 saturated carbocycles. The summed E-state index contributed by atoms with van der Waals surface area (Å²) in [7, 11) is 0. The van der Waals surface area contributed by atoms with Crippen LogP contribution >= 0.6 is 11.8 Å². The summed E-state index contributed by atoms with van der Waals surface area (Å²) in [6.45, 7) is 4.02. The number of carbonyl (C=O) groups is 2. The zero-order valence-corrected chi connectivity index (χ0v) is 17.8. The van der Waals surface area contributed by atoms with E-state index >= 15 is 0 Å². The van der Waals surface area contributed by atoms with E-state index in [2.05, 4.69) is 16.7 Å². The van der Waals surface area contributed by atoms with Gasteiger partial charge in [0.1, 0.15) is 0 Å². The van der Waals surface area contributed by atoms with Gasteiger partial charge in [-0.2, -0.15) is 0 Å². The Morgan fingerprint density at radius 1 is 0.833 bits per heavy atom. The van der Waals surface area contributed by atoms with Crippen LogP contribution in [-0.4, -0.2) is 17.6 Å². The molecule has 0 heterocycles. The van der Waals surface area contributed by atoms with Crippen LogP contribution in [0.15, 0.2) is 83.8 Å². The lowest BCUT2D eigenvalue weighted by Crippen LogP contribution is -2.14. The van der Waals surface area contributed by atoms with Crippen molar-refractivity contribution in [2.24, 2.45) is 0 Å². The van der Waals surface area contributed by atoms with Gasteiger partial charge in [-0.15, -0.1) is 11.8 Å². The van der Waals surface area contributed by atoms with Gasteiger partial charge < -0.3 is 10.6 Å². The SMILES string of the molecule is Cc1cc(C)cc(NC(=O)CSc2ccc(NC(=O)/C=C/c3ccccc3)cc2)c1. The number of carbonyl (C=O) groups excluding carboxylic acids is 2. The molecule has 0 radical (unpaired) electrons. The standard InChI is InChI=1S/C25H24N2O2S/c1-18-14-19(2)16-22(15-18)27-25(29)17-30-23-11-9-21(10-12-23)26-24(28)13-8-20-6-4-3-5-7-20/h3-16H,17H2,1-2H3,(H,26,28)(H,27,29)/b13-8+. The topological polar surface area (TPSA) is 58.2 Å². The maximum absolute atomic E-state index is 12.2. The average Bonchev–Trinajstić information content (AvgIpc) is 2.72. The number of nitrogens with one attached hydrogen (secondary N) is 2. The summed E-state index contributed by atoms with van der Waals surface area (Å²) in [5.74, 6) is 0.0823. The molecule has 0 bridgehead atoms. The normalized spacial score (nSPS) is 10.7. The van der Waals surface area contributed by atoms with Gasteiger partial charge in [-0.1, -0.05) is 36.4 Å². The van der Waals surface area contributed by atoms with Crippen molar-refractivity contribution in [2.45, 2.75) is 18.7 Å². The highest BCUT2D eigenvalue weighted by Gasteiger charge is 2.05. The van der Waals surface area contributed by atoms with Crippen LogP contribution in [0.2, 0.25) is 0 Å². The van der Waals surface area contributed by atoms with Gasteiger partial charge in [-0.25, -0.2) is 0 Å². The molecule has 0 aliphatic heterocycles. The lowest BCUT2D eigenvalue weighted by Gasteiger charge is -2.08. The molecule has 152 valence electrons. The van der Waals surface area contributed by atoms with Gasteiger partial charge in [-0.3, -0.25) is 9.59 Å². The lowest BCUT2D eigenvalue weighted by atomic mass is 10.1. The Morgan fingerprint density at radius 3 is 2.17 bits per heavy atom. The van der Waals surface area contributed by atoms with Crippen LogP contribution in [0.25, 0.3) is 6.08 Å². The van der Waals surface area contributed by atoms with Crippen molar-refractivity contribution in [3.05, 3.63) is 95.6 Å². The van der Waals surface area contributed by atoms with Gasteiger partial charge in [0.2, 0.25) is 11.8 Å². The summed E-state index contributed by atoms with van der Waals surface area (Å²) < 4.78 is 0. The molecular weight excluding hydrogens is 392 g/mol. The van der Waals surface area contributed by atoms with Crippen molar-refractivity contribution < 1.29 is 9.59 Å². The number of amides is 2. The number of anilines is 2. The second-order valence-corrected chi connectivity index (χ2v) is 8.02. The quantitative estimate of drug-likeness (QED) is 0.384. The third kappa shape index (κ3) is 6.94. The Balaban J connectivity index is 1.47. The fraction of sp³-hybridized carbons (Fsp3) is 0.120. The molecule has 30 heavy (non-hydrogen) atoms. The molecule has 0 atom stereocenters. The second kappa shape index (κ2) is 10.5. The highest BCUT2D eigenvalue weighted by molar-refractivity contribution is 8.00. The first-order valence-corrected chi connectivity index (χ1v) is 10.6. The maximum Gasteiger partial charge on any atom is 0.248 e. The van der Waals surface area contributed by atoms with Crippen LogP contribution in [0.3, 0.4) is 0 Å². The van der Waals surface area contributed by atoms with E-state index in [4.69, 9.17) is 0 Å². The van der Waals surface area contributed by atoms with Gasteiger partial charge >= 0.3 is 0 Å². The van der Waals surface area contributed by atoms with Crippen LogP contribution < -0.4 is 10.6 Å². The van der Waals surface area contributed by atoms with Crippen LogP contribution in [0.1, 0.15) is 16.7 Å². The molecule has 2 amide bonds. The van der Waals surface area contributed by atoms with Crippen molar-refractivity contribution in [3.63, 3.8) is 0 Å². The molecule has 3 aromatic rings. The van der Waals surface area contributed by atoms with E-state index in [0.717, 1.165) is 27.3 Å². The fourth-order valence-electron chi connectivity index (χ4n) is 2.95. The summed E-state index contributed by atoms with van der Waals surface area (Å²) in [6.07, 6.45) is 3.28. The highest BCUT2D eigenvalue weighted by Crippen LogP contribution is 2.21. The molecule has 4 nitrogen and oxygen atoms in total. The summed E-state index contributed by atoms with van der Waals surface area (Å²) in [5.41, 5.74) is 4.74. The maximum atomic E-state index is 12.2. The van der Waals surface area contributed by atoms with Gasteiger partial charge in [0.25, 0.3) is 0 Å². The third-order valence-electron chi connectivity index (χ3n) is 4.22. The lowest BCUT2D eigenvalue weighted by molar-refractivity contribution is -0.114. The van der Waals surface area contributed by atoms with Crippen LogP contribution in [0.5, 0.6) is 0 Å². The largest absolute Gasteiger partial charge is 0.325 e. The van der Waals surface area contributed by atoms with E-state index < -0.39 is 0 Å². The zero-order chi connectivity index (χ0) is 21.3. The molecule has 0 aliphatic rings. The first kappa shape index (κ1) is 21.4. The molecule has 0 spiro atoms. The molecule has 0 aliphatic carbocycles. The molecule has 3 rings (SSSR count). The smallest absolute Gasteiger partial charge is 0.248 e. The molecule has 0 unspecified atom stereocenters. The molecule has 0 aromatic heterocycles. The van der Waals surface area contributed by atoms with E-state index in [-0.39, 0.29) is 11.8 Å². The summed E-state index contributed by atoms with van der Waals surface area (Å²) in [4.78, 5) is 25.2. The molecule has 0 saturated heterocycles. The van der Waals surface area contributed by atoms with Crippen LogP contribution in [0, 0.1) is 13.8 Å². The number of hydrogen-bond acceptors (Lipinski definition) is 3. The van der Waals surface area contributed by atoms with Crippen molar-refractivity contribution in [2.75, 3.05) is 16.4 Å². The number of rotatable bonds is 7. The van der Waals surface area contributed by atoms with Crippen molar-refractivity contribution in [1.29, 1.82) is 0 Å². The first-order chi connectivity index (χ1) is 14.5. The van der Waals surface area contributed by atoms with Crippen molar-refractivity contribution in [1.82, 2.24) is 0 Å². The minimum atomic E-state index is -0.188. The fourth-order valence-corrected chi connectivity index (χ4v) is 3.65. The van der Waals surface area contributed by atoms with E-state index in [1.807, 2.05) is 80.6 Å². The molecule has 2 N–H and O–H groups in total. The Labute approximate surface area is 181 Å². The molecular formula is C25H24N2O2S. The van der Waals surface area contributed by atoms with E-state index in [1.165, 1.54) is 17.8 Å². The number of thioether (sulfide) groups is 1. The van der Waals surface area contributed by atoms with E-state index in [9.17, 15) is 9.59 Å². The van der Waals surface area contributed by atoms with Crippen molar-refractivity contribution >= 4 is 41.0 Å². The average molecular weight is 417 g/mol. The Bertz CT molecular complexity index is 1020. The van der Waals surface area contributed by atoms with Gasteiger partial charge in [0.05, 0.1) is 5.75 Å². The van der Waals surface area contributed by atoms with Gasteiger partial charge in [0.15, 0.2) is 0 Å².